The fourth-order valence-electron chi connectivity index (χ4n) is 4.84. The summed E-state index contributed by atoms with van der Waals surface area (Å²) in [5.74, 6) is 1.52. The Balaban J connectivity index is 2.54. The first-order valence-electron chi connectivity index (χ1n) is 16.5. The molecule has 0 aliphatic rings. The molecule has 4 heteroatoms. The van der Waals surface area contributed by atoms with Crippen molar-refractivity contribution in [2.45, 2.75) is 150 Å². The van der Waals surface area contributed by atoms with E-state index in [1.807, 2.05) is 24.3 Å². The lowest BCUT2D eigenvalue weighted by Crippen LogP contribution is -2.31. The number of ether oxygens (including phenoxy) is 3. The molecule has 0 saturated carbocycles. The molecule has 0 aliphatic heterocycles. The zero-order chi connectivity index (χ0) is 28.6. The van der Waals surface area contributed by atoms with Crippen LogP contribution in [0.5, 0.6) is 5.75 Å². The average Bonchev–Trinajstić information content (AvgIpc) is 2.95. The Morgan fingerprint density at radius 2 is 1.05 bits per heavy atom. The van der Waals surface area contributed by atoms with Crippen LogP contribution in [0, 0.1) is 11.8 Å². The predicted molar refractivity (Wildman–Crippen MR) is 166 cm³/mol. The zero-order valence-corrected chi connectivity index (χ0v) is 26.3. The molecule has 0 bridgehead atoms. The molecular formula is C35H62O4. The van der Waals surface area contributed by atoms with Gasteiger partial charge in [0.15, 0.2) is 0 Å². The summed E-state index contributed by atoms with van der Waals surface area (Å²) in [6, 6.07) is 7.40. The molecule has 0 heterocycles. The lowest BCUT2D eigenvalue weighted by atomic mass is 10.0. The Bertz CT molecular complexity index is 658. The van der Waals surface area contributed by atoms with E-state index in [1.54, 1.807) is 0 Å². The van der Waals surface area contributed by atoms with Crippen LogP contribution in [-0.4, -0.2) is 31.9 Å². The van der Waals surface area contributed by atoms with Crippen molar-refractivity contribution in [3.05, 3.63) is 29.8 Å². The first-order valence-corrected chi connectivity index (χ1v) is 16.5. The van der Waals surface area contributed by atoms with Crippen molar-refractivity contribution < 1.29 is 19.0 Å². The second-order valence-electron chi connectivity index (χ2n) is 11.8. The van der Waals surface area contributed by atoms with Gasteiger partial charge in [0.1, 0.15) is 5.75 Å². The second kappa shape index (κ2) is 24.4. The summed E-state index contributed by atoms with van der Waals surface area (Å²) in [7, 11) is 0. The van der Waals surface area contributed by atoms with E-state index in [2.05, 4.69) is 34.6 Å². The van der Waals surface area contributed by atoms with Crippen LogP contribution in [0.4, 0.5) is 0 Å². The van der Waals surface area contributed by atoms with Gasteiger partial charge in [-0.2, -0.15) is 0 Å². The molecule has 2 atom stereocenters. The summed E-state index contributed by atoms with van der Waals surface area (Å²) in [4.78, 5) is 13.4. The van der Waals surface area contributed by atoms with Crippen molar-refractivity contribution in [1.29, 1.82) is 0 Å². The molecule has 0 spiro atoms. The SMILES string of the molecule is CCCCCCCCCC(C)COC(OCC(C)CCCCCCCCC)C(=O)c1ccc(OCCC)cc1. The second-order valence-corrected chi connectivity index (χ2v) is 11.8. The number of rotatable bonds is 27. The molecule has 39 heavy (non-hydrogen) atoms. The van der Waals surface area contributed by atoms with Gasteiger partial charge in [-0.3, -0.25) is 4.79 Å². The normalized spacial score (nSPS) is 13.8. The Hall–Kier alpha value is -1.39. The first kappa shape index (κ1) is 35.6. The fraction of sp³-hybridized carbons (Fsp3) is 0.800. The van der Waals surface area contributed by atoms with Crippen molar-refractivity contribution in [3.8, 4) is 5.75 Å². The maximum absolute atomic E-state index is 13.4. The van der Waals surface area contributed by atoms with Crippen LogP contribution in [-0.2, 0) is 9.47 Å². The van der Waals surface area contributed by atoms with Gasteiger partial charge in [-0.05, 0) is 55.4 Å². The zero-order valence-electron chi connectivity index (χ0n) is 26.3. The van der Waals surface area contributed by atoms with E-state index in [4.69, 9.17) is 14.2 Å². The fourth-order valence-corrected chi connectivity index (χ4v) is 4.84. The minimum atomic E-state index is -0.847. The smallest absolute Gasteiger partial charge is 0.222 e. The summed E-state index contributed by atoms with van der Waals surface area (Å²) in [5.41, 5.74) is 0.614. The van der Waals surface area contributed by atoms with E-state index in [0.717, 1.165) is 25.0 Å². The van der Waals surface area contributed by atoms with Crippen LogP contribution < -0.4 is 4.74 Å². The minimum Gasteiger partial charge on any atom is -0.494 e. The van der Waals surface area contributed by atoms with Crippen LogP contribution in [0.2, 0.25) is 0 Å². The monoisotopic (exact) mass is 546 g/mol. The average molecular weight is 547 g/mol. The van der Waals surface area contributed by atoms with Gasteiger partial charge in [-0.15, -0.1) is 0 Å². The van der Waals surface area contributed by atoms with Gasteiger partial charge in [0.25, 0.3) is 0 Å². The number of ketones is 1. The third-order valence-corrected chi connectivity index (χ3v) is 7.49. The van der Waals surface area contributed by atoms with Gasteiger partial charge in [0.05, 0.1) is 19.8 Å². The van der Waals surface area contributed by atoms with E-state index in [1.165, 1.54) is 89.9 Å². The molecule has 2 unspecified atom stereocenters. The highest BCUT2D eigenvalue weighted by Crippen LogP contribution is 2.19. The molecule has 0 radical (unpaired) electrons. The highest BCUT2D eigenvalue weighted by Gasteiger charge is 2.23. The van der Waals surface area contributed by atoms with Crippen LogP contribution in [0.1, 0.15) is 154 Å². The van der Waals surface area contributed by atoms with Gasteiger partial charge in [-0.25, -0.2) is 0 Å². The molecule has 1 aromatic rings. The van der Waals surface area contributed by atoms with Gasteiger partial charge in [0.2, 0.25) is 12.1 Å². The number of benzene rings is 1. The van der Waals surface area contributed by atoms with E-state index < -0.39 is 6.29 Å². The van der Waals surface area contributed by atoms with E-state index in [0.29, 0.717) is 37.2 Å². The Kier molecular flexibility index (Phi) is 22.3. The maximum Gasteiger partial charge on any atom is 0.222 e. The van der Waals surface area contributed by atoms with Crippen molar-refractivity contribution in [1.82, 2.24) is 0 Å². The topological polar surface area (TPSA) is 44.8 Å². The van der Waals surface area contributed by atoms with Gasteiger partial charge in [-0.1, -0.05) is 125 Å². The Morgan fingerprint density at radius 1 is 0.615 bits per heavy atom. The van der Waals surface area contributed by atoms with Crippen LogP contribution in [0.15, 0.2) is 24.3 Å². The van der Waals surface area contributed by atoms with Crippen LogP contribution >= 0.6 is 0 Å². The Labute approximate surface area is 242 Å². The predicted octanol–water partition coefficient (Wildman–Crippen LogP) is 10.6. The first-order chi connectivity index (χ1) is 19.0. The summed E-state index contributed by atoms with van der Waals surface area (Å²) in [6.45, 7) is 12.8. The standard InChI is InChI=1S/C35H62O4/c1-6-9-11-13-15-17-19-21-30(4)28-38-35(34(36)32-23-25-33(26-24-32)37-27-8-3)39-29-31(5)22-20-18-16-14-12-10-7-2/h23-26,30-31,35H,6-22,27-29H2,1-5H3. The molecular weight excluding hydrogens is 484 g/mol. The van der Waals surface area contributed by atoms with Crippen molar-refractivity contribution >= 4 is 5.78 Å². The summed E-state index contributed by atoms with van der Waals surface area (Å²) in [5, 5.41) is 0. The molecule has 226 valence electrons. The molecule has 4 nitrogen and oxygen atoms in total. The lowest BCUT2D eigenvalue weighted by Gasteiger charge is -2.22. The minimum absolute atomic E-state index is 0.0942. The molecule has 0 N–H and O–H groups in total. The largest absolute Gasteiger partial charge is 0.494 e. The Morgan fingerprint density at radius 3 is 1.49 bits per heavy atom. The third kappa shape index (κ3) is 18.6. The maximum atomic E-state index is 13.4. The lowest BCUT2D eigenvalue weighted by molar-refractivity contribution is -0.128. The van der Waals surface area contributed by atoms with Crippen molar-refractivity contribution in [3.63, 3.8) is 0 Å². The van der Waals surface area contributed by atoms with Gasteiger partial charge >= 0.3 is 0 Å². The van der Waals surface area contributed by atoms with Crippen LogP contribution in [0.25, 0.3) is 0 Å². The summed E-state index contributed by atoms with van der Waals surface area (Å²) < 4.78 is 18.0. The van der Waals surface area contributed by atoms with E-state index >= 15 is 0 Å². The highest BCUT2D eigenvalue weighted by molar-refractivity contribution is 5.98. The van der Waals surface area contributed by atoms with Crippen molar-refractivity contribution in [2.75, 3.05) is 19.8 Å². The van der Waals surface area contributed by atoms with Crippen molar-refractivity contribution in [2.24, 2.45) is 11.8 Å². The van der Waals surface area contributed by atoms with Gasteiger partial charge in [0, 0.05) is 5.56 Å². The number of carbonyl (C=O) groups is 1. The van der Waals surface area contributed by atoms with Gasteiger partial charge < -0.3 is 14.2 Å². The number of Topliss-reactive ketones (excluding diaryl/α,β-unsaturated/α-hetero) is 1. The number of unbranched alkanes of at least 4 members (excludes halogenated alkanes) is 12. The third-order valence-electron chi connectivity index (χ3n) is 7.49. The molecule has 1 rings (SSSR count). The molecule has 0 saturated heterocycles. The molecule has 0 fully saturated rings. The quantitative estimate of drug-likeness (QED) is 0.0625. The molecule has 0 aliphatic carbocycles. The molecule has 1 aromatic carbocycles. The summed E-state index contributed by atoms with van der Waals surface area (Å²) in [6.07, 6.45) is 20.8. The number of hydrogen-bond donors (Lipinski definition) is 0. The van der Waals surface area contributed by atoms with E-state index in [-0.39, 0.29) is 5.78 Å². The van der Waals surface area contributed by atoms with Crippen LogP contribution in [0.3, 0.4) is 0 Å². The highest BCUT2D eigenvalue weighted by atomic mass is 16.7. The number of hydrogen-bond acceptors (Lipinski definition) is 4. The summed E-state index contributed by atoms with van der Waals surface area (Å²) >= 11 is 0. The van der Waals surface area contributed by atoms with E-state index in [9.17, 15) is 4.79 Å². The number of carbonyl (C=O) groups excluding carboxylic acids is 1. The molecule has 0 amide bonds. The molecule has 0 aromatic heterocycles.